The van der Waals surface area contributed by atoms with Crippen LogP contribution in [0.1, 0.15) is 17.7 Å². The first-order valence-electron chi connectivity index (χ1n) is 8.95. The molecule has 1 fully saturated rings. The number of hydrogen-bond acceptors (Lipinski definition) is 6. The highest BCUT2D eigenvalue weighted by atomic mass is 16.5. The Balaban J connectivity index is 0.00000102. The van der Waals surface area contributed by atoms with E-state index in [-0.39, 0.29) is 0 Å². The van der Waals surface area contributed by atoms with Gasteiger partial charge in [0, 0.05) is 50.2 Å². The molecule has 0 unspecified atom stereocenters. The molecule has 1 saturated heterocycles. The van der Waals surface area contributed by atoms with Gasteiger partial charge < -0.3 is 19.0 Å². The van der Waals surface area contributed by atoms with Gasteiger partial charge in [0.05, 0.1) is 30.8 Å². The Morgan fingerprint density at radius 2 is 1.93 bits per heavy atom. The summed E-state index contributed by atoms with van der Waals surface area (Å²) in [6.07, 6.45) is 9.16. The Morgan fingerprint density at radius 3 is 2.56 bits per heavy atom. The van der Waals surface area contributed by atoms with Crippen LogP contribution in [0.25, 0.3) is 5.70 Å². The molecule has 7 heteroatoms. The van der Waals surface area contributed by atoms with Crippen molar-refractivity contribution >= 4 is 24.0 Å². The maximum Gasteiger partial charge on any atom is 0.129 e. The van der Waals surface area contributed by atoms with E-state index in [9.17, 15) is 0 Å². The van der Waals surface area contributed by atoms with Crippen LogP contribution >= 0.6 is 0 Å². The molecule has 0 bridgehead atoms. The van der Waals surface area contributed by atoms with Crippen molar-refractivity contribution in [3.05, 3.63) is 54.1 Å². The Hall–Kier alpha value is -2.93. The summed E-state index contributed by atoms with van der Waals surface area (Å²) in [5.41, 5.74) is 4.24. The lowest BCUT2D eigenvalue weighted by atomic mass is 10.1. The van der Waals surface area contributed by atoms with Crippen LogP contribution in [0.15, 0.2) is 48.0 Å². The van der Waals surface area contributed by atoms with E-state index in [2.05, 4.69) is 45.1 Å². The molecule has 0 aromatic carbocycles. The number of aryl methyl sites for hydroxylation is 2. The topological polar surface area (TPSA) is 63.0 Å². The molecule has 2 aromatic rings. The maximum absolute atomic E-state index is 8.00. The second-order valence-corrected chi connectivity index (χ2v) is 6.44. The Labute approximate surface area is 159 Å². The molecule has 4 heterocycles. The Morgan fingerprint density at radius 1 is 1.15 bits per heavy atom. The van der Waals surface area contributed by atoms with Crippen molar-refractivity contribution in [1.82, 2.24) is 14.5 Å². The number of hydrogen-bond donors (Lipinski definition) is 0. The number of ether oxygens (including phenoxy) is 1. The predicted molar refractivity (Wildman–Crippen MR) is 106 cm³/mol. The third-order valence-electron chi connectivity index (χ3n) is 4.57. The first kappa shape index (κ1) is 18.8. The lowest BCUT2D eigenvalue weighted by Crippen LogP contribution is -2.42. The van der Waals surface area contributed by atoms with Crippen molar-refractivity contribution in [2.75, 3.05) is 31.3 Å². The maximum atomic E-state index is 8.00. The molecule has 0 N–H and O–H groups in total. The fourth-order valence-corrected chi connectivity index (χ4v) is 3.18. The van der Waals surface area contributed by atoms with E-state index in [4.69, 9.17) is 14.6 Å². The second kappa shape index (κ2) is 8.64. The van der Waals surface area contributed by atoms with E-state index in [1.807, 2.05) is 38.0 Å². The minimum atomic E-state index is 0.764. The van der Waals surface area contributed by atoms with Crippen molar-refractivity contribution in [2.24, 2.45) is 12.1 Å². The number of carbonyl (C=O) groups excluding carboxylic acids is 1. The predicted octanol–water partition coefficient (Wildman–Crippen LogP) is 2.44. The van der Waals surface area contributed by atoms with Gasteiger partial charge in [0.25, 0.3) is 0 Å². The van der Waals surface area contributed by atoms with Gasteiger partial charge in [0.2, 0.25) is 0 Å². The van der Waals surface area contributed by atoms with E-state index in [1.165, 1.54) is 0 Å². The highest BCUT2D eigenvalue weighted by molar-refractivity contribution is 5.93. The first-order valence-corrected chi connectivity index (χ1v) is 8.95. The molecule has 142 valence electrons. The smallest absolute Gasteiger partial charge is 0.129 e. The standard InChI is InChI=1S/C19H23N5O.CH2O/c1-15-3-4-17(13-20-15)24-18(16-7-8-22(2)14-16)5-6-19(21-24)23-9-11-25-12-10-23;1-2/h3-5,7-8,13-14H,6,9-12H2,1-2H3;1H2. The highest BCUT2D eigenvalue weighted by Crippen LogP contribution is 2.30. The molecule has 7 nitrogen and oxygen atoms in total. The average molecular weight is 367 g/mol. The fraction of sp³-hybridized carbons (Fsp3) is 0.350. The van der Waals surface area contributed by atoms with Gasteiger partial charge >= 0.3 is 0 Å². The summed E-state index contributed by atoms with van der Waals surface area (Å²) < 4.78 is 7.53. The van der Waals surface area contributed by atoms with Crippen LogP contribution < -0.4 is 5.01 Å². The van der Waals surface area contributed by atoms with Crippen molar-refractivity contribution in [1.29, 1.82) is 0 Å². The van der Waals surface area contributed by atoms with Crippen molar-refractivity contribution in [3.63, 3.8) is 0 Å². The zero-order valence-electron chi connectivity index (χ0n) is 15.8. The van der Waals surface area contributed by atoms with Crippen molar-refractivity contribution in [2.45, 2.75) is 13.3 Å². The van der Waals surface area contributed by atoms with Crippen molar-refractivity contribution < 1.29 is 9.53 Å². The number of amidine groups is 1. The lowest BCUT2D eigenvalue weighted by molar-refractivity contribution is -0.0979. The Bertz CT molecular complexity index is 819. The molecule has 2 aromatic heterocycles. The van der Waals surface area contributed by atoms with E-state index in [0.717, 1.165) is 61.2 Å². The Kier molecular flexibility index (Phi) is 6.03. The van der Waals surface area contributed by atoms with Gasteiger partial charge in [-0.05, 0) is 25.1 Å². The van der Waals surface area contributed by atoms with Gasteiger partial charge in [-0.15, -0.1) is 0 Å². The summed E-state index contributed by atoms with van der Waals surface area (Å²) in [6.45, 7) is 7.32. The number of pyridine rings is 1. The molecule has 27 heavy (non-hydrogen) atoms. The van der Waals surface area contributed by atoms with Crippen LogP contribution in [0.3, 0.4) is 0 Å². The molecule has 0 atom stereocenters. The van der Waals surface area contributed by atoms with Gasteiger partial charge in [-0.2, -0.15) is 5.10 Å². The largest absolute Gasteiger partial charge is 0.378 e. The average Bonchev–Trinajstić information content (AvgIpc) is 3.16. The summed E-state index contributed by atoms with van der Waals surface area (Å²) in [7, 11) is 2.03. The van der Waals surface area contributed by atoms with Crippen LogP contribution in [-0.4, -0.2) is 53.4 Å². The van der Waals surface area contributed by atoms with E-state index >= 15 is 0 Å². The van der Waals surface area contributed by atoms with Crippen LogP contribution in [-0.2, 0) is 16.6 Å². The number of anilines is 1. The monoisotopic (exact) mass is 367 g/mol. The molecule has 4 rings (SSSR count). The quantitative estimate of drug-likeness (QED) is 0.816. The molecule has 2 aliphatic heterocycles. The number of hydrazone groups is 1. The van der Waals surface area contributed by atoms with Crippen LogP contribution in [0.4, 0.5) is 5.69 Å². The molecule has 2 aliphatic rings. The molecular formula is C20H25N5O2. The number of morpholine rings is 1. The van der Waals surface area contributed by atoms with Crippen LogP contribution in [0, 0.1) is 6.92 Å². The zero-order chi connectivity index (χ0) is 19.2. The SMILES string of the molecule is C=O.Cc1ccc(N2N=C(N3CCOCC3)CC=C2c2ccn(C)c2)cn1. The molecular weight excluding hydrogens is 342 g/mol. The van der Waals surface area contributed by atoms with Gasteiger partial charge in [-0.1, -0.05) is 6.08 Å². The van der Waals surface area contributed by atoms with Crippen molar-refractivity contribution in [3.8, 4) is 0 Å². The van der Waals surface area contributed by atoms with E-state index in [1.54, 1.807) is 0 Å². The number of carbonyl (C=O) groups is 1. The normalized spacial score (nSPS) is 17.0. The zero-order valence-corrected chi connectivity index (χ0v) is 15.8. The van der Waals surface area contributed by atoms with Gasteiger partial charge in [0.1, 0.15) is 12.6 Å². The minimum Gasteiger partial charge on any atom is -0.378 e. The number of aromatic nitrogens is 2. The summed E-state index contributed by atoms with van der Waals surface area (Å²) in [5.74, 6) is 1.09. The summed E-state index contributed by atoms with van der Waals surface area (Å²) in [4.78, 5) is 14.8. The third-order valence-corrected chi connectivity index (χ3v) is 4.57. The fourth-order valence-electron chi connectivity index (χ4n) is 3.18. The van der Waals surface area contributed by atoms with Gasteiger partial charge in [-0.25, -0.2) is 5.01 Å². The first-order chi connectivity index (χ1) is 13.2. The minimum absolute atomic E-state index is 0.764. The van der Waals surface area contributed by atoms with Crippen LogP contribution in [0.2, 0.25) is 0 Å². The van der Waals surface area contributed by atoms with E-state index < -0.39 is 0 Å². The molecule has 0 saturated carbocycles. The van der Waals surface area contributed by atoms with Gasteiger partial charge in [0.15, 0.2) is 0 Å². The molecule has 0 spiro atoms. The highest BCUT2D eigenvalue weighted by Gasteiger charge is 2.23. The lowest BCUT2D eigenvalue weighted by Gasteiger charge is -2.34. The number of rotatable bonds is 2. The van der Waals surface area contributed by atoms with E-state index in [0.29, 0.717) is 0 Å². The second-order valence-electron chi connectivity index (χ2n) is 6.44. The van der Waals surface area contributed by atoms with Gasteiger partial charge in [-0.3, -0.25) is 4.98 Å². The third kappa shape index (κ3) is 4.25. The number of nitrogens with zero attached hydrogens (tertiary/aromatic N) is 5. The summed E-state index contributed by atoms with van der Waals surface area (Å²) in [6, 6.07) is 6.22. The van der Waals surface area contributed by atoms with Crippen LogP contribution in [0.5, 0.6) is 0 Å². The molecule has 0 radical (unpaired) electrons. The molecule has 0 amide bonds. The molecule has 0 aliphatic carbocycles. The summed E-state index contributed by atoms with van der Waals surface area (Å²) >= 11 is 0. The summed E-state index contributed by atoms with van der Waals surface area (Å²) in [5, 5.41) is 6.99.